The van der Waals surface area contributed by atoms with E-state index in [1.54, 1.807) is 7.11 Å². The Morgan fingerprint density at radius 1 is 0.969 bits per heavy atom. The summed E-state index contributed by atoms with van der Waals surface area (Å²) in [5.41, 5.74) is 1.73. The number of aromatic nitrogens is 3. The van der Waals surface area contributed by atoms with Gasteiger partial charge in [-0.1, -0.05) is 65.5 Å². The van der Waals surface area contributed by atoms with Crippen molar-refractivity contribution in [2.75, 3.05) is 7.11 Å². The van der Waals surface area contributed by atoms with Gasteiger partial charge in [0.25, 0.3) is 0 Å². The Bertz CT molecular complexity index is 821. The lowest BCUT2D eigenvalue weighted by atomic mass is 9.52. The molecule has 0 spiro atoms. The number of rotatable bonds is 7. The Morgan fingerprint density at radius 2 is 1.59 bits per heavy atom. The molecule has 3 aliphatic carbocycles. The molecule has 2 aromatic rings. The fourth-order valence-electron chi connectivity index (χ4n) is 5.55. The highest BCUT2D eigenvalue weighted by Crippen LogP contribution is 2.59. The van der Waals surface area contributed by atoms with Gasteiger partial charge in [-0.3, -0.25) is 0 Å². The van der Waals surface area contributed by atoms with Crippen molar-refractivity contribution in [3.8, 4) is 17.1 Å². The Balaban J connectivity index is 0.000000860. The molecule has 1 aromatic carbocycles. The van der Waals surface area contributed by atoms with Crippen LogP contribution in [0.2, 0.25) is 5.02 Å². The van der Waals surface area contributed by atoms with E-state index in [2.05, 4.69) is 28.7 Å². The number of halogens is 1. The standard InChI is InChI=1S/C23H32ClN3O.2C2H6/c1-4-5-6-9-22-10-13-23(14-11-22,15-12-22)21-26-25-20(27(21)2)18-8-7-17(28-3)16-19(18)24;2*1-2/h7-8,16H,4-6,9-15H2,1-3H3;2*1-2H3. The number of nitrogens with zero attached hydrogens (tertiary/aromatic N) is 3. The van der Waals surface area contributed by atoms with Crippen LogP contribution < -0.4 is 4.74 Å². The van der Waals surface area contributed by atoms with Crippen LogP contribution in [-0.4, -0.2) is 21.9 Å². The van der Waals surface area contributed by atoms with Gasteiger partial charge in [-0.05, 0) is 68.6 Å². The number of unbranched alkanes of at least 4 members (excludes halogenated alkanes) is 2. The summed E-state index contributed by atoms with van der Waals surface area (Å²) in [6.45, 7) is 10.3. The smallest absolute Gasteiger partial charge is 0.165 e. The summed E-state index contributed by atoms with van der Waals surface area (Å²) < 4.78 is 7.46. The summed E-state index contributed by atoms with van der Waals surface area (Å²) >= 11 is 6.50. The molecule has 3 saturated carbocycles. The zero-order valence-corrected chi connectivity index (χ0v) is 22.2. The Hall–Kier alpha value is -1.55. The first-order valence-electron chi connectivity index (χ1n) is 12.8. The molecule has 0 atom stereocenters. The second-order valence-electron chi connectivity index (χ2n) is 8.99. The van der Waals surface area contributed by atoms with Crippen molar-refractivity contribution in [3.63, 3.8) is 0 Å². The summed E-state index contributed by atoms with van der Waals surface area (Å²) in [5.74, 6) is 2.76. The van der Waals surface area contributed by atoms with Gasteiger partial charge in [0.2, 0.25) is 0 Å². The lowest BCUT2D eigenvalue weighted by Gasteiger charge is -2.53. The van der Waals surface area contributed by atoms with Crippen molar-refractivity contribution < 1.29 is 4.74 Å². The molecule has 3 aliphatic rings. The van der Waals surface area contributed by atoms with Crippen LogP contribution in [0.3, 0.4) is 0 Å². The average Bonchev–Trinajstić information content (AvgIpc) is 3.24. The highest BCUT2D eigenvalue weighted by atomic mass is 35.5. The molecule has 0 N–H and O–H groups in total. The van der Waals surface area contributed by atoms with E-state index in [4.69, 9.17) is 16.3 Å². The van der Waals surface area contributed by atoms with E-state index in [0.717, 1.165) is 23.0 Å². The molecule has 180 valence electrons. The fraction of sp³-hybridized carbons (Fsp3) is 0.704. The molecule has 32 heavy (non-hydrogen) atoms. The third-order valence-electron chi connectivity index (χ3n) is 7.48. The van der Waals surface area contributed by atoms with E-state index in [9.17, 15) is 0 Å². The number of methoxy groups -OCH3 is 1. The first-order chi connectivity index (χ1) is 15.5. The minimum Gasteiger partial charge on any atom is -0.497 e. The summed E-state index contributed by atoms with van der Waals surface area (Å²) in [5, 5.41) is 9.90. The highest BCUT2D eigenvalue weighted by Gasteiger charge is 2.51. The number of hydrogen-bond acceptors (Lipinski definition) is 3. The summed E-state index contributed by atoms with van der Waals surface area (Å²) in [6.07, 6.45) is 13.3. The van der Waals surface area contributed by atoms with Crippen LogP contribution >= 0.6 is 11.6 Å². The topological polar surface area (TPSA) is 39.9 Å². The Labute approximate surface area is 201 Å². The predicted molar refractivity (Wildman–Crippen MR) is 137 cm³/mol. The van der Waals surface area contributed by atoms with E-state index < -0.39 is 0 Å². The van der Waals surface area contributed by atoms with Gasteiger partial charge in [0.1, 0.15) is 11.6 Å². The minimum atomic E-state index is 0.200. The highest BCUT2D eigenvalue weighted by molar-refractivity contribution is 6.33. The Kier molecular flexibility index (Phi) is 10.1. The summed E-state index contributed by atoms with van der Waals surface area (Å²) in [7, 11) is 3.75. The van der Waals surface area contributed by atoms with Gasteiger partial charge in [0, 0.05) is 18.0 Å². The number of benzene rings is 1. The van der Waals surface area contributed by atoms with Gasteiger partial charge < -0.3 is 9.30 Å². The van der Waals surface area contributed by atoms with Gasteiger partial charge in [-0.15, -0.1) is 10.2 Å². The molecule has 0 amide bonds. The normalized spacial score (nSPS) is 23.6. The molecule has 5 heteroatoms. The lowest BCUT2D eigenvalue weighted by Crippen LogP contribution is -2.45. The van der Waals surface area contributed by atoms with E-state index in [-0.39, 0.29) is 5.41 Å². The number of fused-ring (bicyclic) bond motifs is 3. The van der Waals surface area contributed by atoms with Crippen molar-refractivity contribution in [2.45, 2.75) is 104 Å². The zero-order valence-electron chi connectivity index (χ0n) is 21.4. The minimum absolute atomic E-state index is 0.200. The SMILES string of the molecule is CC.CC.CCCCCC12CCC(c3nnc(-c4ccc(OC)cc4Cl)n3C)(CC1)CC2. The van der Waals surface area contributed by atoms with Crippen LogP contribution in [0.5, 0.6) is 5.75 Å². The fourth-order valence-corrected chi connectivity index (χ4v) is 5.81. The quantitative estimate of drug-likeness (QED) is 0.388. The van der Waals surface area contributed by atoms with Crippen molar-refractivity contribution in [2.24, 2.45) is 12.5 Å². The molecule has 1 heterocycles. The van der Waals surface area contributed by atoms with Crippen LogP contribution in [0, 0.1) is 5.41 Å². The van der Waals surface area contributed by atoms with Crippen molar-refractivity contribution in [1.82, 2.24) is 14.8 Å². The van der Waals surface area contributed by atoms with Gasteiger partial charge in [-0.25, -0.2) is 0 Å². The summed E-state index contributed by atoms with van der Waals surface area (Å²) in [4.78, 5) is 0. The first kappa shape index (κ1) is 26.7. The predicted octanol–water partition coefficient (Wildman–Crippen LogP) is 8.37. The van der Waals surface area contributed by atoms with Gasteiger partial charge >= 0.3 is 0 Å². The van der Waals surface area contributed by atoms with E-state index >= 15 is 0 Å². The lowest BCUT2D eigenvalue weighted by molar-refractivity contribution is 0.0250. The van der Waals surface area contributed by atoms with Crippen molar-refractivity contribution >= 4 is 11.6 Å². The average molecular weight is 462 g/mol. The molecular weight excluding hydrogens is 418 g/mol. The van der Waals surface area contributed by atoms with Crippen LogP contribution in [0.15, 0.2) is 18.2 Å². The molecule has 0 saturated heterocycles. The monoisotopic (exact) mass is 461 g/mol. The van der Waals surface area contributed by atoms with E-state index in [0.29, 0.717) is 10.4 Å². The molecule has 3 fully saturated rings. The third-order valence-corrected chi connectivity index (χ3v) is 7.79. The molecule has 4 nitrogen and oxygen atoms in total. The van der Waals surface area contributed by atoms with Crippen molar-refractivity contribution in [1.29, 1.82) is 0 Å². The van der Waals surface area contributed by atoms with Gasteiger partial charge in [-0.2, -0.15) is 0 Å². The largest absolute Gasteiger partial charge is 0.497 e. The van der Waals surface area contributed by atoms with Crippen LogP contribution in [-0.2, 0) is 12.5 Å². The zero-order chi connectivity index (χ0) is 23.8. The maximum Gasteiger partial charge on any atom is 0.165 e. The Morgan fingerprint density at radius 3 is 2.12 bits per heavy atom. The van der Waals surface area contributed by atoms with Crippen LogP contribution in [0.25, 0.3) is 11.4 Å². The van der Waals surface area contributed by atoms with Crippen molar-refractivity contribution in [3.05, 3.63) is 29.0 Å². The molecule has 1 aromatic heterocycles. The molecule has 0 radical (unpaired) electrons. The molecule has 0 unspecified atom stereocenters. The molecule has 2 bridgehead atoms. The molecular formula is C27H44ClN3O. The second kappa shape index (κ2) is 12.1. The second-order valence-corrected chi connectivity index (χ2v) is 9.40. The third kappa shape index (κ3) is 5.32. The maximum absolute atomic E-state index is 6.50. The summed E-state index contributed by atoms with van der Waals surface area (Å²) in [6, 6.07) is 5.75. The molecule has 5 rings (SSSR count). The van der Waals surface area contributed by atoms with Gasteiger partial charge in [0.15, 0.2) is 5.82 Å². The van der Waals surface area contributed by atoms with E-state index in [1.165, 1.54) is 64.2 Å². The number of ether oxygens (including phenoxy) is 1. The first-order valence-corrected chi connectivity index (χ1v) is 13.1. The van der Waals surface area contributed by atoms with E-state index in [1.807, 2.05) is 45.9 Å². The maximum atomic E-state index is 6.50. The van der Waals surface area contributed by atoms with Crippen LogP contribution in [0.4, 0.5) is 0 Å². The van der Waals surface area contributed by atoms with Crippen LogP contribution in [0.1, 0.15) is 105 Å². The van der Waals surface area contributed by atoms with Gasteiger partial charge in [0.05, 0.1) is 12.1 Å². The molecule has 0 aliphatic heterocycles. The number of hydrogen-bond donors (Lipinski definition) is 0.